The first-order chi connectivity index (χ1) is 8.06. The average molecular weight is 254 g/mol. The van der Waals surface area contributed by atoms with Gasteiger partial charge in [0.15, 0.2) is 5.15 Å². The zero-order valence-electron chi connectivity index (χ0n) is 9.74. The maximum Gasteiger partial charge on any atom is 0.227 e. The molecule has 0 aliphatic heterocycles. The topological polar surface area (TPSA) is 68.0 Å². The number of aromatic nitrogens is 1. The summed E-state index contributed by atoms with van der Waals surface area (Å²) < 4.78 is 0. The molecule has 3 N–H and O–H groups in total. The van der Waals surface area contributed by atoms with Crippen molar-refractivity contribution in [2.75, 3.05) is 5.32 Å². The van der Waals surface area contributed by atoms with Crippen LogP contribution in [0.2, 0.25) is 5.15 Å². The number of anilines is 1. The van der Waals surface area contributed by atoms with Crippen LogP contribution in [0.25, 0.3) is 0 Å². The molecule has 2 unspecified atom stereocenters. The van der Waals surface area contributed by atoms with E-state index in [1.54, 1.807) is 6.20 Å². The molecule has 5 heteroatoms. The molecule has 1 saturated carbocycles. The summed E-state index contributed by atoms with van der Waals surface area (Å²) in [6, 6.07) is 1.97. The first kappa shape index (κ1) is 12.3. The third kappa shape index (κ3) is 2.96. The summed E-state index contributed by atoms with van der Waals surface area (Å²) in [6.45, 7) is 1.91. The predicted octanol–water partition coefficient (Wildman–Crippen LogP) is 2.11. The van der Waals surface area contributed by atoms with Crippen molar-refractivity contribution in [3.8, 4) is 0 Å². The number of nitrogens with two attached hydrogens (primary N) is 1. The number of hydrogen-bond acceptors (Lipinski definition) is 3. The zero-order chi connectivity index (χ0) is 12.4. The predicted molar refractivity (Wildman–Crippen MR) is 67.9 cm³/mol. The minimum absolute atomic E-state index is 0.00146. The lowest BCUT2D eigenvalue weighted by molar-refractivity contribution is -0.119. The van der Waals surface area contributed by atoms with E-state index >= 15 is 0 Å². The molecule has 1 fully saturated rings. The number of aryl methyl sites for hydroxylation is 1. The number of nitrogens with one attached hydrogen (secondary N) is 1. The summed E-state index contributed by atoms with van der Waals surface area (Å²) in [5, 5.41) is 3.15. The van der Waals surface area contributed by atoms with Gasteiger partial charge in [-0.25, -0.2) is 4.98 Å². The van der Waals surface area contributed by atoms with Crippen LogP contribution in [0.15, 0.2) is 12.3 Å². The van der Waals surface area contributed by atoms with E-state index in [1.807, 2.05) is 13.0 Å². The van der Waals surface area contributed by atoms with E-state index in [0.29, 0.717) is 10.8 Å². The van der Waals surface area contributed by atoms with Gasteiger partial charge in [-0.3, -0.25) is 4.79 Å². The van der Waals surface area contributed by atoms with Crippen LogP contribution in [0.3, 0.4) is 0 Å². The van der Waals surface area contributed by atoms with Crippen LogP contribution in [0, 0.1) is 12.8 Å². The second-order valence-electron chi connectivity index (χ2n) is 4.61. The fourth-order valence-corrected chi connectivity index (χ4v) is 2.28. The molecule has 1 amide bonds. The molecule has 2 rings (SSSR count). The summed E-state index contributed by atoms with van der Waals surface area (Å²) in [4.78, 5) is 16.0. The van der Waals surface area contributed by atoms with Crippen molar-refractivity contribution in [1.82, 2.24) is 4.98 Å². The Bertz CT molecular complexity index is 436. The number of hydrogen-bond donors (Lipinski definition) is 2. The molecule has 17 heavy (non-hydrogen) atoms. The van der Waals surface area contributed by atoms with Gasteiger partial charge in [0.25, 0.3) is 0 Å². The largest absolute Gasteiger partial charge is 0.328 e. The maximum atomic E-state index is 12.0. The Morgan fingerprint density at radius 2 is 2.35 bits per heavy atom. The van der Waals surface area contributed by atoms with Gasteiger partial charge >= 0.3 is 0 Å². The third-order valence-electron chi connectivity index (χ3n) is 3.08. The molecule has 0 saturated heterocycles. The Labute approximate surface area is 106 Å². The Kier molecular flexibility index (Phi) is 3.64. The lowest BCUT2D eigenvalue weighted by atomic mass is 10.1. The number of carbonyl (C=O) groups is 1. The molecule has 1 aliphatic rings. The van der Waals surface area contributed by atoms with Gasteiger partial charge in [-0.2, -0.15) is 0 Å². The van der Waals surface area contributed by atoms with Gasteiger partial charge < -0.3 is 11.1 Å². The molecule has 0 radical (unpaired) electrons. The number of amides is 1. The van der Waals surface area contributed by atoms with E-state index in [1.165, 1.54) is 0 Å². The smallest absolute Gasteiger partial charge is 0.227 e. The van der Waals surface area contributed by atoms with E-state index in [2.05, 4.69) is 10.3 Å². The van der Waals surface area contributed by atoms with Crippen molar-refractivity contribution < 1.29 is 4.79 Å². The van der Waals surface area contributed by atoms with E-state index in [9.17, 15) is 4.79 Å². The van der Waals surface area contributed by atoms with Crippen LogP contribution in [0.1, 0.15) is 24.8 Å². The Morgan fingerprint density at radius 1 is 1.59 bits per heavy atom. The highest BCUT2D eigenvalue weighted by Gasteiger charge is 2.28. The molecule has 0 bridgehead atoms. The molecule has 2 atom stereocenters. The average Bonchev–Trinajstić information content (AvgIpc) is 2.70. The second-order valence-corrected chi connectivity index (χ2v) is 4.97. The van der Waals surface area contributed by atoms with Crippen LogP contribution in [-0.2, 0) is 4.79 Å². The number of pyridine rings is 1. The van der Waals surface area contributed by atoms with Crippen molar-refractivity contribution in [1.29, 1.82) is 0 Å². The molecule has 92 valence electrons. The summed E-state index contributed by atoms with van der Waals surface area (Å²) in [5.41, 5.74) is 7.34. The maximum absolute atomic E-state index is 12.0. The second kappa shape index (κ2) is 5.02. The van der Waals surface area contributed by atoms with Crippen LogP contribution < -0.4 is 11.1 Å². The molecule has 4 nitrogen and oxygen atoms in total. The van der Waals surface area contributed by atoms with Crippen LogP contribution in [0.4, 0.5) is 5.69 Å². The van der Waals surface area contributed by atoms with Crippen LogP contribution >= 0.6 is 11.6 Å². The Hall–Kier alpha value is -1.13. The summed E-state index contributed by atoms with van der Waals surface area (Å²) >= 11 is 5.93. The quantitative estimate of drug-likeness (QED) is 0.794. The number of nitrogens with zero attached hydrogens (tertiary/aromatic N) is 1. The van der Waals surface area contributed by atoms with E-state index in [4.69, 9.17) is 17.3 Å². The van der Waals surface area contributed by atoms with Crippen LogP contribution in [-0.4, -0.2) is 16.9 Å². The number of rotatable bonds is 2. The lowest BCUT2D eigenvalue weighted by Crippen LogP contribution is -2.23. The number of carbonyl (C=O) groups excluding carboxylic acids is 1. The lowest BCUT2D eigenvalue weighted by Gasteiger charge is -2.11. The number of halogens is 1. The molecule has 1 heterocycles. The Morgan fingerprint density at radius 3 is 3.00 bits per heavy atom. The van der Waals surface area contributed by atoms with E-state index in [0.717, 1.165) is 24.8 Å². The molecule has 0 aromatic carbocycles. The van der Waals surface area contributed by atoms with Crippen LogP contribution in [0.5, 0.6) is 0 Å². The molecular formula is C12H16ClN3O. The third-order valence-corrected chi connectivity index (χ3v) is 3.38. The first-order valence-corrected chi connectivity index (χ1v) is 6.12. The van der Waals surface area contributed by atoms with Gasteiger partial charge in [0.2, 0.25) is 5.91 Å². The van der Waals surface area contributed by atoms with Gasteiger partial charge in [-0.05, 0) is 37.8 Å². The summed E-state index contributed by atoms with van der Waals surface area (Å²) in [5.74, 6) is -0.00571. The Balaban J connectivity index is 2.05. The monoisotopic (exact) mass is 253 g/mol. The van der Waals surface area contributed by atoms with Crippen molar-refractivity contribution in [3.05, 3.63) is 23.0 Å². The minimum atomic E-state index is -0.00718. The van der Waals surface area contributed by atoms with Crippen molar-refractivity contribution in [2.24, 2.45) is 11.7 Å². The zero-order valence-corrected chi connectivity index (χ0v) is 10.5. The SMILES string of the molecule is Cc1cnc(Cl)c(NC(=O)C2CCC(N)C2)c1. The van der Waals surface area contributed by atoms with Gasteiger partial charge in [-0.15, -0.1) is 0 Å². The van der Waals surface area contributed by atoms with Gasteiger partial charge in [0.1, 0.15) is 0 Å². The van der Waals surface area contributed by atoms with E-state index in [-0.39, 0.29) is 17.9 Å². The van der Waals surface area contributed by atoms with Gasteiger partial charge in [-0.1, -0.05) is 11.6 Å². The van der Waals surface area contributed by atoms with Crippen molar-refractivity contribution in [2.45, 2.75) is 32.2 Å². The normalized spacial score (nSPS) is 23.7. The van der Waals surface area contributed by atoms with Gasteiger partial charge in [0.05, 0.1) is 5.69 Å². The standard InChI is InChI=1S/C12H16ClN3O/c1-7-4-10(11(13)15-6-7)16-12(17)8-2-3-9(14)5-8/h4,6,8-9H,2-3,5,14H2,1H3,(H,16,17). The highest BCUT2D eigenvalue weighted by atomic mass is 35.5. The van der Waals surface area contributed by atoms with Crippen molar-refractivity contribution in [3.63, 3.8) is 0 Å². The highest BCUT2D eigenvalue weighted by molar-refractivity contribution is 6.32. The minimum Gasteiger partial charge on any atom is -0.328 e. The molecule has 0 spiro atoms. The highest BCUT2D eigenvalue weighted by Crippen LogP contribution is 2.27. The molecular weight excluding hydrogens is 238 g/mol. The van der Waals surface area contributed by atoms with E-state index < -0.39 is 0 Å². The molecule has 1 aromatic heterocycles. The first-order valence-electron chi connectivity index (χ1n) is 5.75. The van der Waals surface area contributed by atoms with Gasteiger partial charge in [0, 0.05) is 18.2 Å². The molecule has 1 aliphatic carbocycles. The molecule has 1 aromatic rings. The fourth-order valence-electron chi connectivity index (χ4n) is 2.13. The fraction of sp³-hybridized carbons (Fsp3) is 0.500. The summed E-state index contributed by atoms with van der Waals surface area (Å²) in [6.07, 6.45) is 4.19. The summed E-state index contributed by atoms with van der Waals surface area (Å²) in [7, 11) is 0. The van der Waals surface area contributed by atoms with Crippen molar-refractivity contribution >= 4 is 23.2 Å².